The molecule has 0 aliphatic rings. The summed E-state index contributed by atoms with van der Waals surface area (Å²) in [5, 5.41) is 16.5. The molecule has 0 spiro atoms. The largest absolute Gasteiger partial charge is 0.459 e. The van der Waals surface area contributed by atoms with Crippen LogP contribution in [0.4, 0.5) is 23.0 Å². The predicted octanol–water partition coefficient (Wildman–Crippen LogP) is 3.63. The first-order valence-corrected chi connectivity index (χ1v) is 8.47. The first-order valence-electron chi connectivity index (χ1n) is 8.47. The zero-order valence-corrected chi connectivity index (χ0v) is 14.8. The van der Waals surface area contributed by atoms with Gasteiger partial charge in [0.05, 0.1) is 11.2 Å². The number of nitro groups is 1. The molecule has 0 bridgehead atoms. The van der Waals surface area contributed by atoms with E-state index in [2.05, 4.69) is 26.1 Å². The van der Waals surface area contributed by atoms with Gasteiger partial charge < -0.3 is 9.73 Å². The third-order valence-electron chi connectivity index (χ3n) is 4.09. The molecule has 0 radical (unpaired) electrons. The number of furan rings is 1. The van der Waals surface area contributed by atoms with E-state index in [-0.39, 0.29) is 17.4 Å². The molecule has 0 atom stereocenters. The Kier molecular flexibility index (Phi) is 4.72. The van der Waals surface area contributed by atoms with Gasteiger partial charge in [0, 0.05) is 11.1 Å². The third kappa shape index (κ3) is 3.67. The van der Waals surface area contributed by atoms with E-state index in [0.717, 1.165) is 17.1 Å². The van der Waals surface area contributed by atoms with E-state index in [1.807, 2.05) is 36.4 Å². The van der Waals surface area contributed by atoms with Gasteiger partial charge in [0.15, 0.2) is 5.76 Å². The Morgan fingerprint density at radius 1 is 1.00 bits per heavy atom. The average Bonchev–Trinajstić information content (AvgIpc) is 3.27. The number of carbonyl (C=O) groups excluding carboxylic acids is 1. The number of aromatic nitrogens is 2. The maximum absolute atomic E-state index is 12.0. The summed E-state index contributed by atoms with van der Waals surface area (Å²) in [5.41, 5.74) is 5.00. The van der Waals surface area contributed by atoms with E-state index in [4.69, 9.17) is 4.42 Å². The lowest BCUT2D eigenvalue weighted by Crippen LogP contribution is -2.30. The summed E-state index contributed by atoms with van der Waals surface area (Å²) in [6.45, 7) is 0. The van der Waals surface area contributed by atoms with Crippen molar-refractivity contribution in [3.05, 3.63) is 83.1 Å². The molecule has 4 rings (SSSR count). The number of fused-ring (bicyclic) bond motifs is 1. The molecule has 0 unspecified atom stereocenters. The number of anilines is 3. The minimum absolute atomic E-state index is 0.0175. The molecule has 10 heteroatoms. The Balaban J connectivity index is 1.64. The molecular formula is C19H14N6O4. The van der Waals surface area contributed by atoms with Crippen LogP contribution in [-0.4, -0.2) is 20.8 Å². The standard InChI is InChI=1S/C19H14N6O4/c26-19(15-9-4-10-29-15)24-23-18-16(25(27)28)17(20-11-21-18)22-14-8-3-6-12-5-1-2-7-13(12)14/h1-11H,(H,24,26)(H2,20,21,22,23). The Morgan fingerprint density at radius 3 is 2.59 bits per heavy atom. The van der Waals surface area contributed by atoms with Crippen molar-refractivity contribution in [2.45, 2.75) is 0 Å². The third-order valence-corrected chi connectivity index (χ3v) is 4.09. The van der Waals surface area contributed by atoms with E-state index < -0.39 is 16.5 Å². The first-order chi connectivity index (χ1) is 14.1. The van der Waals surface area contributed by atoms with Gasteiger partial charge in [0.1, 0.15) is 6.33 Å². The highest BCUT2D eigenvalue weighted by Gasteiger charge is 2.24. The van der Waals surface area contributed by atoms with Crippen molar-refractivity contribution in [3.63, 3.8) is 0 Å². The Bertz CT molecular complexity index is 1190. The highest BCUT2D eigenvalue weighted by Crippen LogP contribution is 2.33. The zero-order chi connectivity index (χ0) is 20.2. The first kappa shape index (κ1) is 17.9. The fourth-order valence-corrected chi connectivity index (χ4v) is 2.78. The lowest BCUT2D eigenvalue weighted by Gasteiger charge is -2.12. The summed E-state index contributed by atoms with van der Waals surface area (Å²) < 4.78 is 4.97. The summed E-state index contributed by atoms with van der Waals surface area (Å²) in [7, 11) is 0. The van der Waals surface area contributed by atoms with E-state index in [0.29, 0.717) is 5.69 Å². The van der Waals surface area contributed by atoms with Crippen molar-refractivity contribution < 1.29 is 14.1 Å². The van der Waals surface area contributed by atoms with Gasteiger partial charge in [-0.1, -0.05) is 36.4 Å². The molecule has 3 N–H and O–H groups in total. The van der Waals surface area contributed by atoms with E-state index >= 15 is 0 Å². The maximum Gasteiger partial charge on any atom is 0.355 e. The van der Waals surface area contributed by atoms with Gasteiger partial charge in [0.25, 0.3) is 0 Å². The summed E-state index contributed by atoms with van der Waals surface area (Å²) >= 11 is 0. The van der Waals surface area contributed by atoms with E-state index in [1.54, 1.807) is 12.1 Å². The van der Waals surface area contributed by atoms with Crippen LogP contribution < -0.4 is 16.2 Å². The summed E-state index contributed by atoms with van der Waals surface area (Å²) in [6, 6.07) is 16.2. The van der Waals surface area contributed by atoms with Crippen molar-refractivity contribution in [1.82, 2.24) is 15.4 Å². The average molecular weight is 390 g/mol. The molecule has 0 fully saturated rings. The van der Waals surface area contributed by atoms with Gasteiger partial charge in [-0.05, 0) is 23.6 Å². The van der Waals surface area contributed by atoms with Crippen LogP contribution in [0.25, 0.3) is 10.8 Å². The van der Waals surface area contributed by atoms with Gasteiger partial charge in [-0.2, -0.15) is 0 Å². The Morgan fingerprint density at radius 2 is 1.79 bits per heavy atom. The fourth-order valence-electron chi connectivity index (χ4n) is 2.78. The molecule has 0 saturated carbocycles. The minimum Gasteiger partial charge on any atom is -0.459 e. The second-order valence-electron chi connectivity index (χ2n) is 5.88. The second kappa shape index (κ2) is 7.64. The van der Waals surface area contributed by atoms with Crippen molar-refractivity contribution in [3.8, 4) is 0 Å². The van der Waals surface area contributed by atoms with Crippen molar-refractivity contribution in [2.75, 3.05) is 10.7 Å². The van der Waals surface area contributed by atoms with Crippen LogP contribution in [0.5, 0.6) is 0 Å². The zero-order valence-electron chi connectivity index (χ0n) is 14.8. The molecule has 144 valence electrons. The van der Waals surface area contributed by atoms with Crippen LogP contribution in [0, 0.1) is 10.1 Å². The second-order valence-corrected chi connectivity index (χ2v) is 5.88. The van der Waals surface area contributed by atoms with E-state index in [9.17, 15) is 14.9 Å². The number of nitrogens with zero attached hydrogens (tertiary/aromatic N) is 3. The molecule has 2 heterocycles. The number of carbonyl (C=O) groups is 1. The lowest BCUT2D eigenvalue weighted by atomic mass is 10.1. The summed E-state index contributed by atoms with van der Waals surface area (Å²) in [5.74, 6) is -0.751. The van der Waals surface area contributed by atoms with Crippen LogP contribution >= 0.6 is 0 Å². The van der Waals surface area contributed by atoms with Gasteiger partial charge in [0.2, 0.25) is 11.6 Å². The predicted molar refractivity (Wildman–Crippen MR) is 106 cm³/mol. The summed E-state index contributed by atoms with van der Waals surface area (Å²) in [6.07, 6.45) is 2.50. The normalized spacial score (nSPS) is 10.5. The number of hydrazine groups is 1. The van der Waals surface area contributed by atoms with Crippen LogP contribution in [0.15, 0.2) is 71.6 Å². The van der Waals surface area contributed by atoms with Crippen LogP contribution in [-0.2, 0) is 0 Å². The number of hydrogen-bond acceptors (Lipinski definition) is 8. The molecule has 0 saturated heterocycles. The number of rotatable bonds is 6. The van der Waals surface area contributed by atoms with Gasteiger partial charge in [-0.15, -0.1) is 0 Å². The number of nitrogens with one attached hydrogen (secondary N) is 3. The topological polar surface area (TPSA) is 135 Å². The van der Waals surface area contributed by atoms with Crippen LogP contribution in [0.1, 0.15) is 10.6 Å². The Hall–Kier alpha value is -4.47. The van der Waals surface area contributed by atoms with Gasteiger partial charge in [-0.25, -0.2) is 9.97 Å². The fraction of sp³-hybridized carbons (Fsp3) is 0. The highest BCUT2D eigenvalue weighted by molar-refractivity contribution is 5.96. The maximum atomic E-state index is 12.0. The smallest absolute Gasteiger partial charge is 0.355 e. The van der Waals surface area contributed by atoms with Crippen molar-refractivity contribution in [1.29, 1.82) is 0 Å². The lowest BCUT2D eigenvalue weighted by molar-refractivity contribution is -0.383. The molecule has 0 aliphatic heterocycles. The SMILES string of the molecule is O=C(NNc1ncnc(Nc2cccc3ccccc23)c1[N+](=O)[O-])c1ccco1. The molecule has 2 aromatic heterocycles. The molecule has 29 heavy (non-hydrogen) atoms. The molecule has 0 aliphatic carbocycles. The molecule has 10 nitrogen and oxygen atoms in total. The van der Waals surface area contributed by atoms with Crippen molar-refractivity contribution >= 4 is 39.7 Å². The van der Waals surface area contributed by atoms with Crippen molar-refractivity contribution in [2.24, 2.45) is 0 Å². The monoisotopic (exact) mass is 390 g/mol. The molecule has 2 aromatic carbocycles. The Labute approximate surface area is 163 Å². The number of benzene rings is 2. The quantitative estimate of drug-likeness (QED) is 0.335. The molecular weight excluding hydrogens is 376 g/mol. The number of amides is 1. The summed E-state index contributed by atoms with van der Waals surface area (Å²) in [4.78, 5) is 30.9. The number of hydrogen-bond donors (Lipinski definition) is 3. The molecule has 1 amide bonds. The van der Waals surface area contributed by atoms with E-state index in [1.165, 1.54) is 12.3 Å². The van der Waals surface area contributed by atoms with Gasteiger partial charge in [-0.3, -0.25) is 25.8 Å². The van der Waals surface area contributed by atoms with Crippen LogP contribution in [0.3, 0.4) is 0 Å². The molecule has 4 aromatic rings. The minimum atomic E-state index is -0.630. The van der Waals surface area contributed by atoms with Gasteiger partial charge >= 0.3 is 11.6 Å². The highest BCUT2D eigenvalue weighted by atomic mass is 16.6. The van der Waals surface area contributed by atoms with Crippen LogP contribution in [0.2, 0.25) is 0 Å².